The molecule has 0 amide bonds. The van der Waals surface area contributed by atoms with Gasteiger partial charge in [-0.15, -0.1) is 35.3 Å². The molecule has 0 spiro atoms. The largest absolute Gasteiger partial charge is 0.330 e. The first-order valence-corrected chi connectivity index (χ1v) is 21.4. The van der Waals surface area contributed by atoms with Crippen LogP contribution in [0.2, 0.25) is 0 Å². The molecule has 2 N–H and O–H groups in total. The minimum Gasteiger partial charge on any atom is -0.330 e. The van der Waals surface area contributed by atoms with Gasteiger partial charge in [0.2, 0.25) is 0 Å². The lowest BCUT2D eigenvalue weighted by molar-refractivity contribution is 0.554. The summed E-state index contributed by atoms with van der Waals surface area (Å²) in [6.07, 6.45) is 18.9. The van der Waals surface area contributed by atoms with Gasteiger partial charge in [-0.3, -0.25) is 0 Å². The van der Waals surface area contributed by atoms with Crippen molar-refractivity contribution < 1.29 is 0 Å². The summed E-state index contributed by atoms with van der Waals surface area (Å²) in [5, 5.41) is 2.41. The first-order valence-electron chi connectivity index (χ1n) is 15.1. The van der Waals surface area contributed by atoms with E-state index in [1.165, 1.54) is 120 Å². The standard InChI is InChI=1S/C30H53NS7/c1-5-24(6-2)21-33-27-28(34-22-25(7-3)8-4)38-30(37-27)29-35-23-26(36-29)32-20-18-16-14-12-10-9-11-13-15-17-19-31/h23-25H,5-22,31H2,1-4H3. The van der Waals surface area contributed by atoms with Crippen molar-refractivity contribution in [1.29, 1.82) is 0 Å². The minimum absolute atomic E-state index is 0.839. The highest BCUT2D eigenvalue weighted by atomic mass is 32.3. The van der Waals surface area contributed by atoms with E-state index >= 15 is 0 Å². The van der Waals surface area contributed by atoms with Crippen LogP contribution in [0.1, 0.15) is 118 Å². The second kappa shape index (κ2) is 23.1. The van der Waals surface area contributed by atoms with E-state index in [-0.39, 0.29) is 0 Å². The zero-order valence-corrected chi connectivity index (χ0v) is 30.1. The normalized spacial score (nSPS) is 16.1. The molecule has 0 saturated heterocycles. The zero-order chi connectivity index (χ0) is 27.4. The van der Waals surface area contributed by atoms with Crippen molar-refractivity contribution >= 4 is 82.3 Å². The van der Waals surface area contributed by atoms with Crippen LogP contribution in [0.5, 0.6) is 0 Å². The Hall–Kier alpha value is 1.63. The minimum atomic E-state index is 0.839. The maximum atomic E-state index is 5.57. The number of nitrogens with two attached hydrogens (primary N) is 1. The predicted octanol–water partition coefficient (Wildman–Crippen LogP) is 12.9. The van der Waals surface area contributed by atoms with E-state index in [9.17, 15) is 0 Å². The molecule has 0 aromatic rings. The van der Waals surface area contributed by atoms with Crippen LogP contribution in [-0.2, 0) is 0 Å². The van der Waals surface area contributed by atoms with Crippen molar-refractivity contribution in [3.63, 3.8) is 0 Å². The number of hydrogen-bond donors (Lipinski definition) is 1. The summed E-state index contributed by atoms with van der Waals surface area (Å²) in [4.78, 5) is 0. The average molecular weight is 652 g/mol. The van der Waals surface area contributed by atoms with Crippen LogP contribution in [0.15, 0.2) is 26.6 Å². The molecule has 0 aromatic heterocycles. The molecule has 0 bridgehead atoms. The molecule has 0 atom stereocenters. The van der Waals surface area contributed by atoms with Crippen LogP contribution >= 0.6 is 82.3 Å². The fourth-order valence-corrected chi connectivity index (χ4v) is 14.8. The summed E-state index contributed by atoms with van der Waals surface area (Å²) >= 11 is 14.5. The van der Waals surface area contributed by atoms with Crippen LogP contribution in [0.4, 0.5) is 0 Å². The van der Waals surface area contributed by atoms with Crippen LogP contribution < -0.4 is 5.73 Å². The molecule has 38 heavy (non-hydrogen) atoms. The summed E-state index contributed by atoms with van der Waals surface area (Å²) < 4.78 is 7.73. The van der Waals surface area contributed by atoms with Crippen molar-refractivity contribution in [2.45, 2.75) is 118 Å². The molecule has 0 aliphatic carbocycles. The SMILES string of the molecule is CCC(CC)CSC1=C(SCC(CC)CC)SC(=C2SC=C(SCCCCCCCCCCCCN)S2)S1. The number of hydrogen-bond acceptors (Lipinski definition) is 8. The van der Waals surface area contributed by atoms with Gasteiger partial charge in [0.15, 0.2) is 0 Å². The molecule has 2 rings (SSSR count). The Balaban J connectivity index is 1.70. The highest BCUT2D eigenvalue weighted by Crippen LogP contribution is 2.63. The van der Waals surface area contributed by atoms with Crippen molar-refractivity contribution in [1.82, 2.24) is 0 Å². The van der Waals surface area contributed by atoms with Gasteiger partial charge in [-0.2, -0.15) is 0 Å². The summed E-state index contributed by atoms with van der Waals surface area (Å²) in [7, 11) is 0. The zero-order valence-electron chi connectivity index (χ0n) is 24.4. The Morgan fingerprint density at radius 3 is 1.55 bits per heavy atom. The summed E-state index contributed by atoms with van der Waals surface area (Å²) in [5.41, 5.74) is 5.57. The summed E-state index contributed by atoms with van der Waals surface area (Å²) in [5.74, 6) is 5.48. The van der Waals surface area contributed by atoms with Gasteiger partial charge in [-0.25, -0.2) is 0 Å². The lowest BCUT2D eigenvalue weighted by Gasteiger charge is -2.14. The van der Waals surface area contributed by atoms with Crippen molar-refractivity contribution in [2.24, 2.45) is 17.6 Å². The molecule has 220 valence electrons. The van der Waals surface area contributed by atoms with Crippen molar-refractivity contribution in [3.8, 4) is 0 Å². The predicted molar refractivity (Wildman–Crippen MR) is 193 cm³/mol. The van der Waals surface area contributed by atoms with Gasteiger partial charge in [0.25, 0.3) is 0 Å². The van der Waals surface area contributed by atoms with Gasteiger partial charge < -0.3 is 5.73 Å². The van der Waals surface area contributed by atoms with E-state index in [0.717, 1.165) is 18.4 Å². The highest BCUT2D eigenvalue weighted by Gasteiger charge is 2.28. The fraction of sp³-hybridized carbons (Fsp3) is 0.800. The van der Waals surface area contributed by atoms with Gasteiger partial charge in [0.1, 0.15) is 0 Å². The lowest BCUT2D eigenvalue weighted by atomic mass is 10.1. The van der Waals surface area contributed by atoms with E-state index in [0.29, 0.717) is 0 Å². The van der Waals surface area contributed by atoms with Crippen LogP contribution in [0.3, 0.4) is 0 Å². The van der Waals surface area contributed by atoms with Crippen LogP contribution in [0.25, 0.3) is 0 Å². The van der Waals surface area contributed by atoms with Gasteiger partial charge >= 0.3 is 0 Å². The van der Waals surface area contributed by atoms with Crippen molar-refractivity contribution in [2.75, 3.05) is 23.8 Å². The molecule has 2 heterocycles. The maximum absolute atomic E-state index is 5.57. The number of rotatable bonds is 23. The Bertz CT molecular complexity index is 696. The van der Waals surface area contributed by atoms with Gasteiger partial charge in [-0.1, -0.05) is 152 Å². The van der Waals surface area contributed by atoms with E-state index in [1.807, 2.05) is 23.5 Å². The molecule has 0 fully saturated rings. The Kier molecular flexibility index (Phi) is 21.8. The second-order valence-electron chi connectivity index (χ2n) is 10.2. The number of thioether (sulfide) groups is 7. The molecule has 0 saturated carbocycles. The van der Waals surface area contributed by atoms with Crippen LogP contribution in [-0.4, -0.2) is 23.8 Å². The third-order valence-electron chi connectivity index (χ3n) is 7.21. The first kappa shape index (κ1) is 35.8. The molecule has 2 aliphatic rings. The van der Waals surface area contributed by atoms with Crippen molar-refractivity contribution in [3.05, 3.63) is 26.6 Å². The molecule has 0 aromatic carbocycles. The Morgan fingerprint density at radius 2 is 1.08 bits per heavy atom. The first-order chi connectivity index (χ1) is 18.6. The average Bonchev–Trinajstić information content (AvgIpc) is 3.57. The monoisotopic (exact) mass is 651 g/mol. The molecule has 2 aliphatic heterocycles. The molecule has 8 heteroatoms. The molecule has 1 nitrogen and oxygen atoms in total. The van der Waals surface area contributed by atoms with Crippen LogP contribution in [0, 0.1) is 11.8 Å². The quantitative estimate of drug-likeness (QED) is 0.109. The van der Waals surface area contributed by atoms with E-state index in [4.69, 9.17) is 5.73 Å². The maximum Gasteiger partial charge on any atom is 0.0717 e. The lowest BCUT2D eigenvalue weighted by Crippen LogP contribution is -2.00. The van der Waals surface area contributed by atoms with E-state index < -0.39 is 0 Å². The Labute approximate surface area is 265 Å². The topological polar surface area (TPSA) is 26.0 Å². The van der Waals surface area contributed by atoms with E-state index in [1.54, 1.807) is 8.47 Å². The smallest absolute Gasteiger partial charge is 0.0717 e. The van der Waals surface area contributed by atoms with Gasteiger partial charge in [0.05, 0.1) is 21.2 Å². The highest BCUT2D eigenvalue weighted by molar-refractivity contribution is 8.43. The molecule has 0 unspecified atom stereocenters. The molecule has 0 radical (unpaired) electrons. The third-order valence-corrected chi connectivity index (χ3v) is 17.5. The molecular formula is C30H53NS7. The summed E-state index contributed by atoms with van der Waals surface area (Å²) in [6, 6.07) is 0. The Morgan fingerprint density at radius 1 is 0.605 bits per heavy atom. The number of unbranched alkanes of at least 4 members (excludes halogenated alkanes) is 9. The third kappa shape index (κ3) is 14.7. The van der Waals surface area contributed by atoms with Gasteiger partial charge in [-0.05, 0) is 42.4 Å². The summed E-state index contributed by atoms with van der Waals surface area (Å²) in [6.45, 7) is 10.2. The fourth-order valence-electron chi connectivity index (χ4n) is 4.20. The molecular weight excluding hydrogens is 599 g/mol. The van der Waals surface area contributed by atoms with E-state index in [2.05, 4.69) is 91.9 Å². The van der Waals surface area contributed by atoms with Gasteiger partial charge in [0, 0.05) is 11.5 Å². The second-order valence-corrected chi connectivity index (χ2v) is 18.6.